The molecule has 0 radical (unpaired) electrons. The highest BCUT2D eigenvalue weighted by Gasteiger charge is 2.15. The Hall–Kier alpha value is -3.12. The van der Waals surface area contributed by atoms with E-state index in [-0.39, 0.29) is 17.9 Å². The molecular weight excluding hydrogens is 478 g/mol. The van der Waals surface area contributed by atoms with E-state index in [2.05, 4.69) is 95.1 Å². The van der Waals surface area contributed by atoms with Crippen LogP contribution in [-0.4, -0.2) is 23.3 Å². The number of carbonyl (C=O) groups is 1. The average molecular weight is 506 g/mol. The van der Waals surface area contributed by atoms with Gasteiger partial charge in [-0.3, -0.25) is 4.79 Å². The number of hydrogen-bond acceptors (Lipinski definition) is 3. The van der Waals surface area contributed by atoms with Gasteiger partial charge in [0, 0.05) is 28.4 Å². The zero-order valence-electron chi connectivity index (χ0n) is 19.4. The minimum absolute atomic E-state index is 0.0433. The fraction of sp³-hybridized carbons (Fsp3) is 0.259. The number of amides is 1. The van der Waals surface area contributed by atoms with Gasteiger partial charge in [0.05, 0.1) is 10.7 Å². The number of hydrazone groups is 1. The van der Waals surface area contributed by atoms with E-state index >= 15 is 0 Å². The maximum absolute atomic E-state index is 12.2. The van der Waals surface area contributed by atoms with Gasteiger partial charge in [-0.15, -0.1) is 0 Å². The molecule has 1 heterocycles. The minimum atomic E-state index is -0.318. The average Bonchev–Trinajstić information content (AvgIpc) is 3.10. The normalized spacial score (nSPS) is 12.0. The van der Waals surface area contributed by atoms with E-state index in [9.17, 15) is 4.79 Å². The molecule has 0 spiro atoms. The lowest BCUT2D eigenvalue weighted by molar-refractivity contribution is -0.123. The molecule has 4 aromatic rings. The minimum Gasteiger partial charge on any atom is -0.483 e. The van der Waals surface area contributed by atoms with Crippen LogP contribution in [0.25, 0.3) is 21.8 Å². The monoisotopic (exact) mass is 505 g/mol. The molecule has 0 saturated carbocycles. The molecule has 1 aromatic heterocycles. The Morgan fingerprint density at radius 1 is 1.06 bits per heavy atom. The number of aromatic nitrogens is 1. The fourth-order valence-corrected chi connectivity index (χ4v) is 4.42. The summed E-state index contributed by atoms with van der Waals surface area (Å²) in [6, 6.07) is 20.5. The lowest BCUT2D eigenvalue weighted by atomic mass is 9.87. The Morgan fingerprint density at radius 2 is 1.82 bits per heavy atom. The Labute approximate surface area is 202 Å². The largest absolute Gasteiger partial charge is 0.483 e. The second kappa shape index (κ2) is 9.40. The van der Waals surface area contributed by atoms with Crippen molar-refractivity contribution in [3.05, 3.63) is 76.3 Å². The molecule has 0 saturated heterocycles. The van der Waals surface area contributed by atoms with Crippen molar-refractivity contribution in [3.63, 3.8) is 0 Å². The van der Waals surface area contributed by atoms with Gasteiger partial charge in [0.25, 0.3) is 5.91 Å². The summed E-state index contributed by atoms with van der Waals surface area (Å²) in [5.74, 6) is 0.307. The summed E-state index contributed by atoms with van der Waals surface area (Å²) >= 11 is 3.53. The summed E-state index contributed by atoms with van der Waals surface area (Å²) in [5, 5.41) is 6.50. The molecule has 4 rings (SSSR count). The van der Waals surface area contributed by atoms with Crippen LogP contribution in [0, 0.1) is 0 Å². The molecule has 0 bridgehead atoms. The number of ether oxygens (including phenoxy) is 1. The number of carbonyl (C=O) groups excluding carboxylic acids is 1. The highest BCUT2D eigenvalue weighted by atomic mass is 79.9. The van der Waals surface area contributed by atoms with Crippen molar-refractivity contribution < 1.29 is 9.53 Å². The van der Waals surface area contributed by atoms with Crippen LogP contribution in [0.15, 0.2) is 70.2 Å². The van der Waals surface area contributed by atoms with E-state index in [1.54, 1.807) is 6.21 Å². The molecule has 1 amide bonds. The van der Waals surface area contributed by atoms with Crippen molar-refractivity contribution >= 4 is 49.9 Å². The summed E-state index contributed by atoms with van der Waals surface area (Å²) in [7, 11) is 0. The van der Waals surface area contributed by atoms with Crippen LogP contribution in [0.2, 0.25) is 0 Å². The van der Waals surface area contributed by atoms with Crippen LogP contribution in [0.1, 0.15) is 38.8 Å². The number of aryl methyl sites for hydroxylation is 1. The topological polar surface area (TPSA) is 55.6 Å². The molecule has 33 heavy (non-hydrogen) atoms. The third-order valence-corrected chi connectivity index (χ3v) is 6.29. The predicted molar refractivity (Wildman–Crippen MR) is 139 cm³/mol. The Balaban J connectivity index is 1.41. The number of para-hydroxylation sites is 1. The molecule has 0 aliphatic carbocycles. The van der Waals surface area contributed by atoms with E-state index < -0.39 is 0 Å². The predicted octanol–water partition coefficient (Wildman–Crippen LogP) is 6.40. The summed E-state index contributed by atoms with van der Waals surface area (Å²) in [6.07, 6.45) is 1.66. The maximum atomic E-state index is 12.2. The van der Waals surface area contributed by atoms with Gasteiger partial charge in [0.15, 0.2) is 6.61 Å². The lowest BCUT2D eigenvalue weighted by Gasteiger charge is -2.20. The first-order chi connectivity index (χ1) is 15.8. The number of hydrogen-bond donors (Lipinski definition) is 1. The number of fused-ring (bicyclic) bond motifs is 3. The Kier molecular flexibility index (Phi) is 6.56. The molecule has 0 atom stereocenters. The van der Waals surface area contributed by atoms with Crippen molar-refractivity contribution in [2.75, 3.05) is 6.61 Å². The van der Waals surface area contributed by atoms with Gasteiger partial charge in [-0.05, 0) is 69.7 Å². The van der Waals surface area contributed by atoms with Gasteiger partial charge in [-0.25, -0.2) is 5.43 Å². The van der Waals surface area contributed by atoms with Crippen molar-refractivity contribution in [3.8, 4) is 5.75 Å². The highest BCUT2D eigenvalue weighted by molar-refractivity contribution is 9.10. The van der Waals surface area contributed by atoms with Crippen LogP contribution >= 0.6 is 15.9 Å². The maximum Gasteiger partial charge on any atom is 0.277 e. The highest BCUT2D eigenvalue weighted by Crippen LogP contribution is 2.31. The lowest BCUT2D eigenvalue weighted by Crippen LogP contribution is -2.24. The van der Waals surface area contributed by atoms with E-state index in [0.717, 1.165) is 16.6 Å². The first-order valence-electron chi connectivity index (χ1n) is 11.0. The smallest absolute Gasteiger partial charge is 0.277 e. The van der Waals surface area contributed by atoms with Crippen LogP contribution < -0.4 is 10.2 Å². The van der Waals surface area contributed by atoms with E-state index in [4.69, 9.17) is 4.74 Å². The standard InChI is InChI=1S/C27H28BrN3O2/c1-5-31-23-9-7-6-8-20(23)21-14-18(10-12-24(21)31)16-29-30-26(32)17-33-25-13-11-19(15-22(25)28)27(2,3)4/h6-16H,5,17H2,1-4H3,(H,30,32). The molecule has 6 heteroatoms. The van der Waals surface area contributed by atoms with Crippen LogP contribution in [0.5, 0.6) is 5.75 Å². The molecule has 0 fully saturated rings. The first-order valence-corrected chi connectivity index (χ1v) is 11.8. The molecule has 0 aliphatic heterocycles. The van der Waals surface area contributed by atoms with Gasteiger partial charge < -0.3 is 9.30 Å². The van der Waals surface area contributed by atoms with Crippen LogP contribution in [0.3, 0.4) is 0 Å². The second-order valence-corrected chi connectivity index (χ2v) is 9.87. The summed E-state index contributed by atoms with van der Waals surface area (Å²) in [6.45, 7) is 9.40. The molecule has 1 N–H and O–H groups in total. The van der Waals surface area contributed by atoms with Gasteiger partial charge in [-0.1, -0.05) is 51.1 Å². The molecule has 0 aliphatic rings. The molecule has 5 nitrogen and oxygen atoms in total. The zero-order valence-corrected chi connectivity index (χ0v) is 20.9. The zero-order chi connectivity index (χ0) is 23.6. The molecule has 3 aromatic carbocycles. The van der Waals surface area contributed by atoms with E-state index in [0.29, 0.717) is 5.75 Å². The van der Waals surface area contributed by atoms with Gasteiger partial charge in [-0.2, -0.15) is 5.10 Å². The third-order valence-electron chi connectivity index (χ3n) is 5.67. The Morgan fingerprint density at radius 3 is 2.55 bits per heavy atom. The quantitative estimate of drug-likeness (QED) is 0.243. The number of nitrogens with one attached hydrogen (secondary N) is 1. The van der Waals surface area contributed by atoms with Crippen LogP contribution in [-0.2, 0) is 16.8 Å². The first kappa shape index (κ1) is 23.1. The van der Waals surface area contributed by atoms with Gasteiger partial charge >= 0.3 is 0 Å². The number of nitrogens with zero attached hydrogens (tertiary/aromatic N) is 2. The molecule has 170 valence electrons. The summed E-state index contributed by atoms with van der Waals surface area (Å²) < 4.78 is 8.78. The summed E-state index contributed by atoms with van der Waals surface area (Å²) in [4.78, 5) is 12.2. The number of rotatable bonds is 6. The van der Waals surface area contributed by atoms with Gasteiger partial charge in [0.1, 0.15) is 5.75 Å². The van der Waals surface area contributed by atoms with Crippen molar-refractivity contribution in [1.29, 1.82) is 0 Å². The van der Waals surface area contributed by atoms with Crippen molar-refractivity contribution in [2.24, 2.45) is 5.10 Å². The molecule has 0 unspecified atom stereocenters. The van der Waals surface area contributed by atoms with Crippen molar-refractivity contribution in [1.82, 2.24) is 9.99 Å². The number of halogens is 1. The second-order valence-electron chi connectivity index (χ2n) is 9.02. The number of benzene rings is 3. The molecular formula is C27H28BrN3O2. The Bertz CT molecular complexity index is 1350. The van der Waals surface area contributed by atoms with E-state index in [1.165, 1.54) is 27.4 Å². The van der Waals surface area contributed by atoms with Crippen molar-refractivity contribution in [2.45, 2.75) is 39.7 Å². The van der Waals surface area contributed by atoms with Crippen LogP contribution in [0.4, 0.5) is 0 Å². The third kappa shape index (κ3) is 4.96. The van der Waals surface area contributed by atoms with Gasteiger partial charge in [0.2, 0.25) is 0 Å². The van der Waals surface area contributed by atoms with E-state index in [1.807, 2.05) is 24.3 Å². The summed E-state index contributed by atoms with van der Waals surface area (Å²) in [5.41, 5.74) is 7.11. The SMILES string of the molecule is CCn1c2ccccc2c2cc(C=NNC(=O)COc3ccc(C(C)(C)C)cc3Br)ccc21. The fourth-order valence-electron chi connectivity index (χ4n) is 3.93.